The lowest BCUT2D eigenvalue weighted by molar-refractivity contribution is -0.192. The van der Waals surface area contributed by atoms with Gasteiger partial charge in [-0.2, -0.15) is 13.2 Å². The van der Waals surface area contributed by atoms with E-state index in [-0.39, 0.29) is 5.92 Å². The number of halogens is 3. The van der Waals surface area contributed by atoms with Gasteiger partial charge in [0.15, 0.2) is 0 Å². The molecule has 3 atom stereocenters. The highest BCUT2D eigenvalue weighted by molar-refractivity contribution is 5.86. The van der Waals surface area contributed by atoms with Crippen LogP contribution in [0.2, 0.25) is 0 Å². The van der Waals surface area contributed by atoms with Crippen molar-refractivity contribution in [2.24, 2.45) is 11.7 Å². The number of amides is 1. The van der Waals surface area contributed by atoms with Crippen LogP contribution in [-0.2, 0) is 20.8 Å². The molecule has 0 saturated carbocycles. The first-order valence-electron chi connectivity index (χ1n) is 8.56. The minimum absolute atomic E-state index is 0.108. The molecular weight excluding hydrogens is 397 g/mol. The summed E-state index contributed by atoms with van der Waals surface area (Å²) in [5.74, 6) is -4.52. The fourth-order valence-electron chi connectivity index (χ4n) is 2.14. The third-order valence-electron chi connectivity index (χ3n) is 3.55. The van der Waals surface area contributed by atoms with Crippen molar-refractivity contribution in [3.63, 3.8) is 0 Å². The average molecular weight is 422 g/mol. The topological polar surface area (TPSA) is 150 Å². The third-order valence-corrected chi connectivity index (χ3v) is 3.55. The number of aliphatic hydroxyl groups is 1. The SMILES string of the molecule is CC(C)CC(NC(=O)C(O)C(N)Cc1ccccc1)C(=O)O.O=C(O)C(F)(F)F. The Morgan fingerprint density at radius 1 is 1.10 bits per heavy atom. The molecule has 0 radical (unpaired) electrons. The van der Waals surface area contributed by atoms with Gasteiger partial charge >= 0.3 is 18.1 Å². The van der Waals surface area contributed by atoms with Crippen molar-refractivity contribution in [2.75, 3.05) is 0 Å². The van der Waals surface area contributed by atoms with Crippen molar-refractivity contribution >= 4 is 17.8 Å². The molecule has 164 valence electrons. The normalized spacial score (nSPS) is 14.2. The van der Waals surface area contributed by atoms with Crippen LogP contribution in [0.15, 0.2) is 30.3 Å². The molecule has 0 aliphatic heterocycles. The Morgan fingerprint density at radius 3 is 1.97 bits per heavy atom. The largest absolute Gasteiger partial charge is 0.490 e. The number of alkyl halides is 3. The molecule has 6 N–H and O–H groups in total. The minimum Gasteiger partial charge on any atom is -0.480 e. The average Bonchev–Trinajstić information content (AvgIpc) is 2.60. The summed E-state index contributed by atoms with van der Waals surface area (Å²) in [5, 5.41) is 28.6. The van der Waals surface area contributed by atoms with E-state index < -0.39 is 42.2 Å². The van der Waals surface area contributed by atoms with Crippen molar-refractivity contribution < 1.29 is 42.9 Å². The molecule has 0 aromatic heterocycles. The summed E-state index contributed by atoms with van der Waals surface area (Å²) in [6, 6.07) is 7.44. The Morgan fingerprint density at radius 2 is 1.59 bits per heavy atom. The van der Waals surface area contributed by atoms with Crippen LogP contribution in [0.3, 0.4) is 0 Å². The molecular formula is C18H25F3N2O6. The van der Waals surface area contributed by atoms with Gasteiger partial charge in [-0.25, -0.2) is 9.59 Å². The number of nitrogens with two attached hydrogens (primary N) is 1. The summed E-state index contributed by atoms with van der Waals surface area (Å²) in [5.41, 5.74) is 6.75. The third kappa shape index (κ3) is 11.1. The Balaban J connectivity index is 0.000000956. The smallest absolute Gasteiger partial charge is 0.480 e. The van der Waals surface area contributed by atoms with E-state index in [0.717, 1.165) is 5.56 Å². The summed E-state index contributed by atoms with van der Waals surface area (Å²) in [6.45, 7) is 3.72. The second kappa shape index (κ2) is 12.0. The summed E-state index contributed by atoms with van der Waals surface area (Å²) in [6.07, 6.45) is -5.91. The van der Waals surface area contributed by atoms with Crippen LogP contribution in [0, 0.1) is 5.92 Å². The van der Waals surface area contributed by atoms with E-state index in [9.17, 15) is 27.9 Å². The minimum atomic E-state index is -5.08. The number of carbonyl (C=O) groups is 3. The number of benzene rings is 1. The maximum Gasteiger partial charge on any atom is 0.490 e. The van der Waals surface area contributed by atoms with Gasteiger partial charge in [-0.3, -0.25) is 4.79 Å². The van der Waals surface area contributed by atoms with Crippen LogP contribution >= 0.6 is 0 Å². The van der Waals surface area contributed by atoms with Crippen molar-refractivity contribution in [2.45, 2.75) is 51.1 Å². The van der Waals surface area contributed by atoms with Crippen molar-refractivity contribution in [3.8, 4) is 0 Å². The van der Waals surface area contributed by atoms with Crippen LogP contribution in [0.1, 0.15) is 25.8 Å². The molecule has 0 heterocycles. The van der Waals surface area contributed by atoms with E-state index in [0.29, 0.717) is 12.8 Å². The predicted octanol–water partition coefficient (Wildman–Crippen LogP) is 1.17. The lowest BCUT2D eigenvalue weighted by Crippen LogP contribution is -2.52. The van der Waals surface area contributed by atoms with Gasteiger partial charge in [0.1, 0.15) is 12.1 Å². The van der Waals surface area contributed by atoms with E-state index in [4.69, 9.17) is 20.7 Å². The standard InChI is InChI=1S/C16H24N2O4.C2HF3O2/c1-10(2)8-13(16(21)22)18-15(20)14(19)12(17)9-11-6-4-3-5-7-11;3-2(4,5)1(6)7/h3-7,10,12-14,19H,8-9,17H2,1-2H3,(H,18,20)(H,21,22);(H,6,7). The van der Waals surface area contributed by atoms with Gasteiger partial charge in [0.05, 0.1) is 0 Å². The van der Waals surface area contributed by atoms with Gasteiger partial charge in [-0.1, -0.05) is 44.2 Å². The molecule has 1 aromatic rings. The summed E-state index contributed by atoms with van der Waals surface area (Å²) < 4.78 is 31.7. The first kappa shape index (κ1) is 26.3. The number of hydrogen-bond donors (Lipinski definition) is 5. The summed E-state index contributed by atoms with van der Waals surface area (Å²) in [4.78, 5) is 32.0. The predicted molar refractivity (Wildman–Crippen MR) is 96.8 cm³/mol. The van der Waals surface area contributed by atoms with Crippen molar-refractivity contribution in [1.82, 2.24) is 5.32 Å². The summed E-state index contributed by atoms with van der Waals surface area (Å²) in [7, 11) is 0. The van der Waals surface area contributed by atoms with Crippen molar-refractivity contribution in [3.05, 3.63) is 35.9 Å². The van der Waals surface area contributed by atoms with E-state index in [1.54, 1.807) is 0 Å². The van der Waals surface area contributed by atoms with E-state index in [1.807, 2.05) is 44.2 Å². The van der Waals surface area contributed by atoms with Crippen LogP contribution in [0.25, 0.3) is 0 Å². The maximum atomic E-state index is 12.0. The Labute approximate surface area is 165 Å². The summed E-state index contributed by atoms with van der Waals surface area (Å²) >= 11 is 0. The fraction of sp³-hybridized carbons (Fsp3) is 0.500. The second-order valence-electron chi connectivity index (χ2n) is 6.63. The molecule has 3 unspecified atom stereocenters. The first-order chi connectivity index (χ1) is 13.3. The zero-order valence-corrected chi connectivity index (χ0v) is 15.9. The molecule has 0 aliphatic rings. The lowest BCUT2D eigenvalue weighted by atomic mass is 10.00. The number of carbonyl (C=O) groups excluding carboxylic acids is 1. The van der Waals surface area contributed by atoms with Gasteiger partial charge < -0.3 is 26.4 Å². The quantitative estimate of drug-likeness (QED) is 0.422. The lowest BCUT2D eigenvalue weighted by Gasteiger charge is -2.22. The molecule has 1 amide bonds. The number of aliphatic hydroxyl groups excluding tert-OH is 1. The number of aliphatic carboxylic acids is 2. The molecule has 29 heavy (non-hydrogen) atoms. The molecule has 0 bridgehead atoms. The van der Waals surface area contributed by atoms with E-state index in [2.05, 4.69) is 5.32 Å². The zero-order valence-electron chi connectivity index (χ0n) is 15.9. The Bertz CT molecular complexity index is 667. The number of carboxylic acid groups (broad SMARTS) is 2. The number of carboxylic acids is 2. The molecule has 0 saturated heterocycles. The fourth-order valence-corrected chi connectivity index (χ4v) is 2.14. The monoisotopic (exact) mass is 422 g/mol. The van der Waals surface area contributed by atoms with Gasteiger partial charge in [0.2, 0.25) is 0 Å². The van der Waals surface area contributed by atoms with E-state index >= 15 is 0 Å². The zero-order chi connectivity index (χ0) is 22.8. The van der Waals surface area contributed by atoms with Crippen LogP contribution in [0.5, 0.6) is 0 Å². The second-order valence-corrected chi connectivity index (χ2v) is 6.63. The first-order valence-corrected chi connectivity index (χ1v) is 8.56. The number of rotatable bonds is 8. The van der Waals surface area contributed by atoms with Gasteiger partial charge in [0, 0.05) is 6.04 Å². The molecule has 0 fully saturated rings. The molecule has 8 nitrogen and oxygen atoms in total. The highest BCUT2D eigenvalue weighted by Gasteiger charge is 2.38. The van der Waals surface area contributed by atoms with Gasteiger partial charge in [-0.15, -0.1) is 0 Å². The van der Waals surface area contributed by atoms with Gasteiger partial charge in [0.25, 0.3) is 5.91 Å². The maximum absolute atomic E-state index is 12.0. The van der Waals surface area contributed by atoms with Crippen LogP contribution in [-0.4, -0.2) is 57.5 Å². The van der Waals surface area contributed by atoms with Crippen LogP contribution in [0.4, 0.5) is 13.2 Å². The molecule has 1 aromatic carbocycles. The highest BCUT2D eigenvalue weighted by Crippen LogP contribution is 2.13. The molecule has 0 spiro atoms. The number of nitrogens with one attached hydrogen (secondary N) is 1. The Kier molecular flexibility index (Phi) is 10.9. The van der Waals surface area contributed by atoms with E-state index in [1.165, 1.54) is 0 Å². The highest BCUT2D eigenvalue weighted by atomic mass is 19.4. The molecule has 0 aliphatic carbocycles. The Hall–Kier alpha value is -2.66. The molecule has 1 rings (SSSR count). The van der Waals surface area contributed by atoms with Crippen molar-refractivity contribution in [1.29, 1.82) is 0 Å². The van der Waals surface area contributed by atoms with Crippen LogP contribution < -0.4 is 11.1 Å². The number of hydrogen-bond acceptors (Lipinski definition) is 5. The molecule has 11 heteroatoms. The van der Waals surface area contributed by atoms with Gasteiger partial charge in [-0.05, 0) is 24.3 Å².